The van der Waals surface area contributed by atoms with Gasteiger partial charge in [0, 0.05) is 0 Å². The Morgan fingerprint density at radius 1 is 1.35 bits per heavy atom. The molecule has 0 heterocycles. The van der Waals surface area contributed by atoms with Crippen LogP contribution in [0.5, 0.6) is 0 Å². The Kier molecular flexibility index (Phi) is 4.15. The van der Waals surface area contributed by atoms with Crippen molar-refractivity contribution in [3.63, 3.8) is 0 Å². The lowest BCUT2D eigenvalue weighted by Gasteiger charge is -2.14. The highest BCUT2D eigenvalue weighted by Crippen LogP contribution is 2.33. The highest BCUT2D eigenvalue weighted by Gasteiger charge is 2.34. The maximum absolute atomic E-state index is 12.7. The van der Waals surface area contributed by atoms with E-state index in [-0.39, 0.29) is 18.6 Å². The van der Waals surface area contributed by atoms with E-state index in [0.29, 0.717) is 5.56 Å². The van der Waals surface area contributed by atoms with Crippen LogP contribution >= 0.6 is 0 Å². The Morgan fingerprint density at radius 3 is 2.53 bits per heavy atom. The van der Waals surface area contributed by atoms with Crippen molar-refractivity contribution in [3.05, 3.63) is 34.9 Å². The van der Waals surface area contributed by atoms with E-state index in [1.165, 1.54) is 6.07 Å². The number of carbonyl (C=O) groups excluding carboxylic acids is 1. The minimum atomic E-state index is -4.45. The zero-order valence-corrected chi connectivity index (χ0v) is 9.60. The van der Waals surface area contributed by atoms with Gasteiger partial charge in [-0.3, -0.25) is 4.79 Å². The molecule has 0 fully saturated rings. The van der Waals surface area contributed by atoms with E-state index in [9.17, 15) is 18.0 Å². The Morgan fingerprint density at radius 2 is 2.00 bits per heavy atom. The predicted octanol–water partition coefficient (Wildman–Crippen LogP) is 3.12. The van der Waals surface area contributed by atoms with Crippen LogP contribution in [-0.4, -0.2) is 12.6 Å². The fourth-order valence-corrected chi connectivity index (χ4v) is 1.56. The first kappa shape index (κ1) is 13.5. The molecule has 1 aromatic carbocycles. The molecule has 0 radical (unpaired) electrons. The summed E-state index contributed by atoms with van der Waals surface area (Å²) in [5.41, 5.74) is -0.350. The van der Waals surface area contributed by atoms with Gasteiger partial charge >= 0.3 is 12.1 Å². The van der Waals surface area contributed by atoms with E-state index < -0.39 is 17.7 Å². The zero-order valence-electron chi connectivity index (χ0n) is 9.60. The molecule has 0 aliphatic heterocycles. The third-order valence-corrected chi connectivity index (χ3v) is 2.34. The fraction of sp³-hybridized carbons (Fsp3) is 0.417. The summed E-state index contributed by atoms with van der Waals surface area (Å²) in [6.45, 7) is 3.32. The first-order chi connectivity index (χ1) is 7.86. The smallest absolute Gasteiger partial charge is 0.416 e. The van der Waals surface area contributed by atoms with E-state index >= 15 is 0 Å². The largest absolute Gasteiger partial charge is 0.466 e. The van der Waals surface area contributed by atoms with Gasteiger partial charge in [-0.1, -0.05) is 12.1 Å². The molecule has 0 saturated carbocycles. The van der Waals surface area contributed by atoms with Gasteiger partial charge in [-0.2, -0.15) is 13.2 Å². The predicted molar refractivity (Wildman–Crippen MR) is 56.5 cm³/mol. The summed E-state index contributed by atoms with van der Waals surface area (Å²) in [5.74, 6) is -0.646. The quantitative estimate of drug-likeness (QED) is 0.766. The van der Waals surface area contributed by atoms with Crippen LogP contribution in [0.15, 0.2) is 18.2 Å². The van der Waals surface area contributed by atoms with Gasteiger partial charge in [0.05, 0.1) is 18.6 Å². The van der Waals surface area contributed by atoms with Crippen molar-refractivity contribution < 1.29 is 22.7 Å². The van der Waals surface area contributed by atoms with Gasteiger partial charge in [0.2, 0.25) is 0 Å². The number of hydrogen-bond donors (Lipinski definition) is 0. The fourth-order valence-electron chi connectivity index (χ4n) is 1.56. The van der Waals surface area contributed by atoms with Gasteiger partial charge in [-0.05, 0) is 31.0 Å². The normalized spacial score (nSPS) is 11.4. The van der Waals surface area contributed by atoms with Crippen LogP contribution in [-0.2, 0) is 22.1 Å². The second kappa shape index (κ2) is 5.21. The summed E-state index contributed by atoms with van der Waals surface area (Å²) >= 11 is 0. The molecule has 1 rings (SSSR count). The summed E-state index contributed by atoms with van der Waals surface area (Å²) in [6.07, 6.45) is -4.80. The van der Waals surface area contributed by atoms with Crippen LogP contribution < -0.4 is 0 Å². The lowest BCUT2D eigenvalue weighted by atomic mass is 9.99. The van der Waals surface area contributed by atoms with Crippen molar-refractivity contribution in [2.45, 2.75) is 26.4 Å². The minimum absolute atomic E-state index is 0.0153. The van der Waals surface area contributed by atoms with E-state index in [0.717, 1.165) is 6.07 Å². The van der Waals surface area contributed by atoms with Gasteiger partial charge in [0.1, 0.15) is 0 Å². The number of benzene rings is 1. The molecule has 0 spiro atoms. The molecule has 0 bridgehead atoms. The number of hydrogen-bond acceptors (Lipinski definition) is 2. The number of halogens is 3. The molecular formula is C12H13F3O2. The molecule has 0 saturated heterocycles. The molecule has 17 heavy (non-hydrogen) atoms. The molecule has 0 atom stereocenters. The van der Waals surface area contributed by atoms with Crippen molar-refractivity contribution in [3.8, 4) is 0 Å². The van der Waals surface area contributed by atoms with Crippen LogP contribution in [0.2, 0.25) is 0 Å². The lowest BCUT2D eigenvalue weighted by Crippen LogP contribution is -2.15. The van der Waals surface area contributed by atoms with Gasteiger partial charge in [-0.25, -0.2) is 0 Å². The average Bonchev–Trinajstić information content (AvgIpc) is 2.19. The SMILES string of the molecule is CCOC(=O)Cc1c(C)cccc1C(F)(F)F. The Balaban J connectivity index is 3.09. The summed E-state index contributed by atoms with van der Waals surface area (Å²) < 4.78 is 42.8. The molecule has 2 nitrogen and oxygen atoms in total. The number of carbonyl (C=O) groups is 1. The van der Waals surface area contributed by atoms with Gasteiger partial charge in [0.25, 0.3) is 0 Å². The second-order valence-electron chi connectivity index (χ2n) is 3.58. The van der Waals surface area contributed by atoms with Crippen LogP contribution in [0.25, 0.3) is 0 Å². The highest BCUT2D eigenvalue weighted by molar-refractivity contribution is 5.73. The van der Waals surface area contributed by atoms with E-state index in [1.807, 2.05) is 0 Å². The van der Waals surface area contributed by atoms with Crippen molar-refractivity contribution in [2.24, 2.45) is 0 Å². The van der Waals surface area contributed by atoms with E-state index in [2.05, 4.69) is 4.74 Å². The summed E-state index contributed by atoms with van der Waals surface area (Å²) in [5, 5.41) is 0. The Labute approximate surface area is 97.4 Å². The molecule has 0 aliphatic rings. The number of rotatable bonds is 3. The van der Waals surface area contributed by atoms with Gasteiger partial charge < -0.3 is 4.74 Å². The van der Waals surface area contributed by atoms with Crippen LogP contribution in [0.3, 0.4) is 0 Å². The minimum Gasteiger partial charge on any atom is -0.466 e. The molecular weight excluding hydrogens is 233 g/mol. The Hall–Kier alpha value is -1.52. The average molecular weight is 246 g/mol. The van der Waals surface area contributed by atoms with Crippen LogP contribution in [0.4, 0.5) is 13.2 Å². The van der Waals surface area contributed by atoms with Crippen molar-refractivity contribution in [1.29, 1.82) is 0 Å². The molecule has 94 valence electrons. The molecule has 0 amide bonds. The molecule has 0 unspecified atom stereocenters. The molecule has 0 aliphatic carbocycles. The zero-order chi connectivity index (χ0) is 13.1. The maximum Gasteiger partial charge on any atom is 0.416 e. The Bertz CT molecular complexity index is 411. The third kappa shape index (κ3) is 3.47. The van der Waals surface area contributed by atoms with Gasteiger partial charge in [-0.15, -0.1) is 0 Å². The number of esters is 1. The first-order valence-corrected chi connectivity index (χ1v) is 5.17. The summed E-state index contributed by atoms with van der Waals surface area (Å²) in [6, 6.07) is 3.85. The van der Waals surface area contributed by atoms with Crippen molar-refractivity contribution >= 4 is 5.97 Å². The maximum atomic E-state index is 12.7. The summed E-state index contributed by atoms with van der Waals surface area (Å²) in [7, 11) is 0. The molecule has 0 aromatic heterocycles. The second-order valence-corrected chi connectivity index (χ2v) is 3.58. The molecule has 5 heteroatoms. The highest BCUT2D eigenvalue weighted by atomic mass is 19.4. The van der Waals surface area contributed by atoms with Crippen LogP contribution in [0, 0.1) is 6.92 Å². The topological polar surface area (TPSA) is 26.3 Å². The lowest BCUT2D eigenvalue weighted by molar-refractivity contribution is -0.143. The van der Waals surface area contributed by atoms with E-state index in [4.69, 9.17) is 0 Å². The monoisotopic (exact) mass is 246 g/mol. The van der Waals surface area contributed by atoms with Crippen molar-refractivity contribution in [2.75, 3.05) is 6.61 Å². The third-order valence-electron chi connectivity index (χ3n) is 2.34. The van der Waals surface area contributed by atoms with Crippen LogP contribution in [0.1, 0.15) is 23.6 Å². The van der Waals surface area contributed by atoms with E-state index in [1.54, 1.807) is 19.9 Å². The summed E-state index contributed by atoms with van der Waals surface area (Å²) in [4.78, 5) is 11.3. The molecule has 1 aromatic rings. The molecule has 0 N–H and O–H groups in total. The number of aryl methyl sites for hydroxylation is 1. The van der Waals surface area contributed by atoms with Crippen molar-refractivity contribution in [1.82, 2.24) is 0 Å². The standard InChI is InChI=1S/C12H13F3O2/c1-3-17-11(16)7-9-8(2)5-4-6-10(9)12(13,14)15/h4-6H,3,7H2,1-2H3. The van der Waals surface area contributed by atoms with Gasteiger partial charge in [0.15, 0.2) is 0 Å². The number of alkyl halides is 3. The number of ether oxygens (including phenoxy) is 1. The first-order valence-electron chi connectivity index (χ1n) is 5.17.